The summed E-state index contributed by atoms with van der Waals surface area (Å²) in [5.41, 5.74) is 18.1. The molecule has 338 valence electrons. The van der Waals surface area contributed by atoms with E-state index in [0.717, 1.165) is 73.5 Å². The molecule has 2 amide bonds. The topological polar surface area (TPSA) is 177 Å². The van der Waals surface area contributed by atoms with Gasteiger partial charge in [0.15, 0.2) is 23.0 Å². The number of carbonyl (C=O) groups excluding carboxylic acids is 2. The van der Waals surface area contributed by atoms with E-state index in [0.29, 0.717) is 45.5 Å². The van der Waals surface area contributed by atoms with Crippen LogP contribution < -0.4 is 20.9 Å². The van der Waals surface area contributed by atoms with Crippen molar-refractivity contribution in [3.8, 4) is 69.4 Å². The number of nitrogens with zero attached hydrogens (tertiary/aromatic N) is 6. The molecule has 8 aromatic rings. The number of hydrogen-bond donors (Lipinski definition) is 4. The molecular weight excluding hydrogens is 862 g/mol. The first-order valence-corrected chi connectivity index (χ1v) is 21.4. The third-order valence-corrected chi connectivity index (χ3v) is 11.7. The number of rotatable bonds is 10. The number of ether oxygens (including phenoxy) is 2. The minimum Gasteiger partial charge on any atom is -0.457 e. The maximum atomic E-state index is 13.9. The van der Waals surface area contributed by atoms with Crippen molar-refractivity contribution in [3.63, 3.8) is 0 Å². The zero-order valence-electron chi connectivity index (χ0n) is 36.3. The van der Waals surface area contributed by atoms with Crippen LogP contribution in [0, 0.1) is 41.4 Å². The van der Waals surface area contributed by atoms with Gasteiger partial charge in [0.25, 0.3) is 11.8 Å². The molecule has 10 rings (SSSR count). The third kappa shape index (κ3) is 8.95. The highest BCUT2D eigenvalue weighted by Crippen LogP contribution is 2.36. The molecular formula is C50H43F3N10O4. The van der Waals surface area contributed by atoms with Crippen LogP contribution in [0.4, 0.5) is 13.2 Å². The lowest BCUT2D eigenvalue weighted by molar-refractivity contribution is 0.0986. The van der Waals surface area contributed by atoms with E-state index in [1.54, 1.807) is 70.0 Å². The first-order chi connectivity index (χ1) is 32.5. The third-order valence-electron chi connectivity index (χ3n) is 11.7. The molecule has 2 unspecified atom stereocenters. The second-order valence-corrected chi connectivity index (χ2v) is 16.0. The fourth-order valence-corrected chi connectivity index (χ4v) is 8.60. The van der Waals surface area contributed by atoms with Crippen molar-refractivity contribution < 1.29 is 32.2 Å². The van der Waals surface area contributed by atoms with Crippen LogP contribution in [0.5, 0.6) is 23.0 Å². The van der Waals surface area contributed by atoms with Crippen molar-refractivity contribution in [2.24, 2.45) is 11.5 Å². The summed E-state index contributed by atoms with van der Waals surface area (Å²) < 4.78 is 54.5. The number of hydrogen-bond acceptors (Lipinski definition) is 8. The predicted molar refractivity (Wildman–Crippen MR) is 245 cm³/mol. The Bertz CT molecular complexity index is 3260. The Morgan fingerprint density at radius 3 is 1.49 bits per heavy atom. The summed E-state index contributed by atoms with van der Waals surface area (Å²) in [5.74, 6) is 4.77. The van der Waals surface area contributed by atoms with Gasteiger partial charge in [-0.05, 0) is 112 Å². The van der Waals surface area contributed by atoms with Crippen LogP contribution in [0.2, 0.25) is 0 Å². The standard InChI is InChI=1S/C25H21F2N5O2.C25H22FN5O2/c1-2-10-31-11-9-16(14-31)19-13-29-32-23(24(28)33)22(30-25(19)32)15-3-6-18(7-4-15)34-21-8-5-17(26)12-20(21)27;1-2-12-30-13-11-17(15-30)21-14-28-31-23(24(27)32)22(29-25(21)31)16-3-7-19(8-4-16)33-20-9-5-18(26)6-10-20/h3-8,12-13,16,30H,9,11,14H2,1H3,(H2,28,33);3-10,14,17,29H,11,13,15H2,1H3,(H2,27,32). The molecule has 0 aliphatic carbocycles. The number of halogens is 3. The average molecular weight is 905 g/mol. The maximum Gasteiger partial charge on any atom is 0.269 e. The highest BCUT2D eigenvalue weighted by Gasteiger charge is 2.30. The summed E-state index contributed by atoms with van der Waals surface area (Å²) in [6.45, 7) is 7.02. The monoisotopic (exact) mass is 904 g/mol. The number of aromatic amines is 2. The number of carbonyl (C=O) groups is 2. The Morgan fingerprint density at radius 2 is 1.06 bits per heavy atom. The van der Waals surface area contributed by atoms with Gasteiger partial charge in [0.05, 0.1) is 23.8 Å². The van der Waals surface area contributed by atoms with Gasteiger partial charge in [-0.1, -0.05) is 11.8 Å². The molecule has 4 aromatic carbocycles. The Kier molecular flexibility index (Phi) is 12.1. The molecule has 2 aliphatic rings. The van der Waals surface area contributed by atoms with Gasteiger partial charge < -0.3 is 40.7 Å². The number of H-pyrrole nitrogens is 2. The number of nitrogens with two attached hydrogens (primary N) is 2. The minimum absolute atomic E-state index is 0.0895. The van der Waals surface area contributed by atoms with Gasteiger partial charge in [0.2, 0.25) is 0 Å². The number of imidazole rings is 2. The van der Waals surface area contributed by atoms with E-state index < -0.39 is 23.4 Å². The molecule has 0 radical (unpaired) electrons. The first kappa shape index (κ1) is 43.7. The normalized spacial score (nSPS) is 15.4. The summed E-state index contributed by atoms with van der Waals surface area (Å²) in [5, 5.41) is 8.88. The Morgan fingerprint density at radius 1 is 0.627 bits per heavy atom. The molecule has 0 spiro atoms. The highest BCUT2D eigenvalue weighted by atomic mass is 19.1. The van der Waals surface area contributed by atoms with E-state index >= 15 is 0 Å². The minimum atomic E-state index is -0.798. The van der Waals surface area contributed by atoms with Crippen molar-refractivity contribution in [2.75, 3.05) is 26.2 Å². The van der Waals surface area contributed by atoms with Crippen LogP contribution >= 0.6 is 0 Å². The number of aromatic nitrogens is 6. The van der Waals surface area contributed by atoms with Gasteiger partial charge in [-0.25, -0.2) is 22.2 Å². The van der Waals surface area contributed by atoms with Gasteiger partial charge in [-0.15, -0.1) is 0 Å². The molecule has 2 fully saturated rings. The number of amides is 2. The first-order valence-electron chi connectivity index (χ1n) is 21.4. The Labute approximate surface area is 382 Å². The lowest BCUT2D eigenvalue weighted by atomic mass is 10.0. The van der Waals surface area contributed by atoms with Crippen molar-refractivity contribution in [1.29, 1.82) is 0 Å². The number of nitrogens with one attached hydrogen (secondary N) is 2. The molecule has 67 heavy (non-hydrogen) atoms. The molecule has 0 bridgehead atoms. The second kappa shape index (κ2) is 18.5. The number of fused-ring (bicyclic) bond motifs is 2. The summed E-state index contributed by atoms with van der Waals surface area (Å²) in [6, 6.07) is 29.1. The Balaban J connectivity index is 0.000000168. The van der Waals surface area contributed by atoms with Crippen LogP contribution in [-0.2, 0) is 0 Å². The Hall–Kier alpha value is -8.57. The van der Waals surface area contributed by atoms with Crippen molar-refractivity contribution >= 4 is 23.1 Å². The van der Waals surface area contributed by atoms with Gasteiger partial charge in [-0.3, -0.25) is 9.59 Å². The van der Waals surface area contributed by atoms with E-state index in [4.69, 9.17) is 20.9 Å². The van der Waals surface area contributed by atoms with Crippen LogP contribution in [-0.4, -0.2) is 77.0 Å². The van der Waals surface area contributed by atoms with E-state index in [9.17, 15) is 22.8 Å². The second-order valence-electron chi connectivity index (χ2n) is 16.0. The zero-order valence-corrected chi connectivity index (χ0v) is 36.3. The molecule has 17 heteroatoms. The van der Waals surface area contributed by atoms with Gasteiger partial charge in [-0.2, -0.15) is 10.2 Å². The molecule has 6 N–H and O–H groups in total. The molecule has 2 atom stereocenters. The predicted octanol–water partition coefficient (Wildman–Crippen LogP) is 8.40. The largest absolute Gasteiger partial charge is 0.457 e. The molecule has 0 saturated carbocycles. The summed E-state index contributed by atoms with van der Waals surface area (Å²) in [7, 11) is 0. The number of primary amides is 2. The number of likely N-dealkylation sites (tertiary alicyclic amines) is 2. The van der Waals surface area contributed by atoms with Crippen LogP contribution in [0.25, 0.3) is 33.8 Å². The van der Waals surface area contributed by atoms with Gasteiger partial charge >= 0.3 is 0 Å². The fourth-order valence-electron chi connectivity index (χ4n) is 8.60. The fraction of sp³-hybridized carbons (Fsp3) is 0.200. The van der Waals surface area contributed by atoms with Crippen LogP contribution in [0.3, 0.4) is 0 Å². The lowest BCUT2D eigenvalue weighted by Crippen LogP contribution is -2.15. The van der Waals surface area contributed by atoms with Crippen LogP contribution in [0.15, 0.2) is 103 Å². The van der Waals surface area contributed by atoms with E-state index in [2.05, 4.69) is 53.9 Å². The zero-order chi connectivity index (χ0) is 46.8. The SMILES string of the molecule is CC#CN1CCC(c2cnn3c(C(N)=O)c(-c4ccc(Oc5ccc(F)cc5)cc4)[nH]c23)C1.CC#CN1CCC(c2cnn3c(C(N)=O)c(-c4ccc(Oc5ccc(F)cc5F)cc4)[nH]c23)C1. The van der Waals surface area contributed by atoms with Crippen molar-refractivity contribution in [3.05, 3.63) is 143 Å². The lowest BCUT2D eigenvalue weighted by Gasteiger charge is -2.09. The summed E-state index contributed by atoms with van der Waals surface area (Å²) in [6.07, 6.45) is 5.47. The molecule has 14 nitrogen and oxygen atoms in total. The van der Waals surface area contributed by atoms with Crippen molar-refractivity contribution in [2.45, 2.75) is 38.5 Å². The maximum absolute atomic E-state index is 13.9. The van der Waals surface area contributed by atoms with Gasteiger partial charge in [0.1, 0.15) is 40.2 Å². The summed E-state index contributed by atoms with van der Waals surface area (Å²) in [4.78, 5) is 35.5. The van der Waals surface area contributed by atoms with Crippen molar-refractivity contribution in [1.82, 2.24) is 39.0 Å². The van der Waals surface area contributed by atoms with E-state index in [1.165, 1.54) is 18.2 Å². The average Bonchev–Trinajstić information content (AvgIpc) is 4.18. The molecule has 2 aliphatic heterocycles. The smallest absolute Gasteiger partial charge is 0.269 e. The van der Waals surface area contributed by atoms with E-state index in [1.807, 2.05) is 26.0 Å². The molecule has 2 saturated heterocycles. The van der Waals surface area contributed by atoms with E-state index in [-0.39, 0.29) is 29.1 Å². The molecule has 4 aromatic heterocycles. The van der Waals surface area contributed by atoms with Crippen LogP contribution in [0.1, 0.15) is 70.6 Å². The quantitative estimate of drug-likeness (QED) is 0.0989. The molecule has 6 heterocycles. The van der Waals surface area contributed by atoms with Gasteiger partial charge in [0, 0.05) is 78.4 Å². The summed E-state index contributed by atoms with van der Waals surface area (Å²) >= 11 is 0. The number of benzene rings is 4. The highest BCUT2D eigenvalue weighted by molar-refractivity contribution is 5.99.